The Morgan fingerprint density at radius 2 is 2.17 bits per heavy atom. The van der Waals surface area contributed by atoms with Crippen LogP contribution in [0.1, 0.15) is 55.8 Å². The van der Waals surface area contributed by atoms with E-state index < -0.39 is 0 Å². The van der Waals surface area contributed by atoms with Crippen LogP contribution >= 0.6 is 0 Å². The molecular weight excluding hydrogens is 368 g/mol. The van der Waals surface area contributed by atoms with Gasteiger partial charge in [0.25, 0.3) is 0 Å². The summed E-state index contributed by atoms with van der Waals surface area (Å²) in [6, 6.07) is 5.85. The summed E-state index contributed by atoms with van der Waals surface area (Å²) in [4.78, 5) is 23.2. The summed E-state index contributed by atoms with van der Waals surface area (Å²) in [6.45, 7) is 7.46. The van der Waals surface area contributed by atoms with E-state index in [4.69, 9.17) is 4.52 Å². The van der Waals surface area contributed by atoms with Crippen LogP contribution in [0.5, 0.6) is 0 Å². The zero-order valence-corrected chi connectivity index (χ0v) is 17.1. The topological polar surface area (TPSA) is 89.9 Å². The molecule has 0 aromatic carbocycles. The number of hydrogen-bond donors (Lipinski definition) is 0. The van der Waals surface area contributed by atoms with Crippen molar-refractivity contribution in [3.05, 3.63) is 41.7 Å². The minimum absolute atomic E-state index is 0.0831. The van der Waals surface area contributed by atoms with Gasteiger partial charge in [-0.3, -0.25) is 9.78 Å². The maximum atomic E-state index is 12.2. The van der Waals surface area contributed by atoms with Crippen molar-refractivity contribution in [2.45, 2.75) is 52.4 Å². The average molecular weight is 394 g/mol. The van der Waals surface area contributed by atoms with Crippen LogP contribution in [0.15, 0.2) is 28.9 Å². The summed E-state index contributed by atoms with van der Waals surface area (Å²) in [7, 11) is 0. The lowest BCUT2D eigenvalue weighted by molar-refractivity contribution is -0.132. The third-order valence-electron chi connectivity index (χ3n) is 5.26. The van der Waals surface area contributed by atoms with Gasteiger partial charge in [-0.1, -0.05) is 12.1 Å². The van der Waals surface area contributed by atoms with E-state index in [0.717, 1.165) is 42.9 Å². The van der Waals surface area contributed by atoms with Gasteiger partial charge in [0.1, 0.15) is 5.69 Å². The van der Waals surface area contributed by atoms with Gasteiger partial charge < -0.3 is 9.42 Å². The molecule has 29 heavy (non-hydrogen) atoms. The highest BCUT2D eigenvalue weighted by molar-refractivity contribution is 5.76. The molecule has 1 saturated heterocycles. The fourth-order valence-electron chi connectivity index (χ4n) is 3.82. The van der Waals surface area contributed by atoms with Gasteiger partial charge in [-0.05, 0) is 51.3 Å². The quantitative estimate of drug-likeness (QED) is 0.658. The highest BCUT2D eigenvalue weighted by atomic mass is 16.5. The van der Waals surface area contributed by atoms with Crippen LogP contribution in [0, 0.1) is 13.8 Å². The molecule has 1 fully saturated rings. The molecular formula is C21H26N6O2. The third kappa shape index (κ3) is 4.06. The number of pyridine rings is 1. The van der Waals surface area contributed by atoms with E-state index in [1.807, 2.05) is 48.6 Å². The first-order valence-electron chi connectivity index (χ1n) is 10.2. The molecule has 0 saturated carbocycles. The van der Waals surface area contributed by atoms with Crippen molar-refractivity contribution < 1.29 is 9.32 Å². The molecule has 8 nitrogen and oxygen atoms in total. The smallest absolute Gasteiger partial charge is 0.231 e. The number of carbonyl (C=O) groups is 1. The SMILES string of the molecule is CCCC(=O)N1CCCC(c2nc(-c3ccc(-n4nc(C)cc4C)cn3)no2)C1. The van der Waals surface area contributed by atoms with E-state index in [1.165, 1.54) is 0 Å². The molecule has 0 aliphatic carbocycles. The zero-order chi connectivity index (χ0) is 20.4. The molecule has 3 aromatic heterocycles. The number of amides is 1. The molecule has 1 unspecified atom stereocenters. The van der Waals surface area contributed by atoms with Gasteiger partial charge >= 0.3 is 0 Å². The molecule has 4 heterocycles. The molecule has 1 aliphatic heterocycles. The largest absolute Gasteiger partial charge is 0.342 e. The van der Waals surface area contributed by atoms with Gasteiger partial charge in [0.15, 0.2) is 0 Å². The van der Waals surface area contributed by atoms with Gasteiger partial charge in [-0.15, -0.1) is 0 Å². The summed E-state index contributed by atoms with van der Waals surface area (Å²) in [5.41, 5.74) is 3.56. The number of piperidine rings is 1. The van der Waals surface area contributed by atoms with E-state index in [0.29, 0.717) is 30.4 Å². The lowest BCUT2D eigenvalue weighted by Gasteiger charge is -2.31. The second-order valence-corrected chi connectivity index (χ2v) is 7.63. The molecule has 0 bridgehead atoms. The molecule has 4 rings (SSSR count). The first-order valence-corrected chi connectivity index (χ1v) is 10.2. The van der Waals surface area contributed by atoms with Crippen molar-refractivity contribution in [3.8, 4) is 17.2 Å². The fraction of sp³-hybridized carbons (Fsp3) is 0.476. The Kier molecular flexibility index (Phi) is 5.42. The predicted molar refractivity (Wildman–Crippen MR) is 108 cm³/mol. The first-order chi connectivity index (χ1) is 14.0. The second kappa shape index (κ2) is 8.14. The lowest BCUT2D eigenvalue weighted by atomic mass is 9.97. The van der Waals surface area contributed by atoms with Crippen LogP contribution in [0.2, 0.25) is 0 Å². The molecule has 0 spiro atoms. The van der Waals surface area contributed by atoms with Gasteiger partial charge in [-0.2, -0.15) is 10.1 Å². The van der Waals surface area contributed by atoms with Crippen LogP contribution in [-0.4, -0.2) is 48.8 Å². The normalized spacial score (nSPS) is 16.9. The minimum atomic E-state index is 0.0831. The fourth-order valence-corrected chi connectivity index (χ4v) is 3.82. The minimum Gasteiger partial charge on any atom is -0.342 e. The maximum absolute atomic E-state index is 12.2. The van der Waals surface area contributed by atoms with Gasteiger partial charge in [0, 0.05) is 25.2 Å². The summed E-state index contributed by atoms with van der Waals surface area (Å²) in [6.07, 6.45) is 5.11. The highest BCUT2D eigenvalue weighted by Crippen LogP contribution is 2.28. The molecule has 1 amide bonds. The number of aryl methyl sites for hydroxylation is 2. The Morgan fingerprint density at radius 1 is 1.31 bits per heavy atom. The third-order valence-corrected chi connectivity index (χ3v) is 5.26. The Hall–Kier alpha value is -3.03. The second-order valence-electron chi connectivity index (χ2n) is 7.63. The van der Waals surface area contributed by atoms with Crippen molar-refractivity contribution in [3.63, 3.8) is 0 Å². The monoisotopic (exact) mass is 394 g/mol. The number of hydrogen-bond acceptors (Lipinski definition) is 6. The van der Waals surface area contributed by atoms with E-state index in [-0.39, 0.29) is 11.8 Å². The molecule has 1 atom stereocenters. The van der Waals surface area contributed by atoms with Crippen LogP contribution in [0.3, 0.4) is 0 Å². The van der Waals surface area contributed by atoms with Crippen molar-refractivity contribution in [2.24, 2.45) is 0 Å². The van der Waals surface area contributed by atoms with E-state index in [9.17, 15) is 4.79 Å². The molecule has 0 radical (unpaired) electrons. The van der Waals surface area contributed by atoms with Gasteiger partial charge in [0.2, 0.25) is 17.6 Å². The zero-order valence-electron chi connectivity index (χ0n) is 17.1. The van der Waals surface area contributed by atoms with Crippen molar-refractivity contribution >= 4 is 5.91 Å². The standard InChI is InChI=1S/C21H26N6O2/c1-4-6-19(28)26-10-5-7-16(13-26)21-23-20(25-29-21)18-9-8-17(12-22-18)27-15(3)11-14(2)24-27/h8-9,11-12,16H,4-7,10,13H2,1-3H3. The molecule has 0 N–H and O–H groups in total. The van der Waals surface area contributed by atoms with E-state index >= 15 is 0 Å². The molecule has 3 aromatic rings. The Morgan fingerprint density at radius 3 is 2.86 bits per heavy atom. The molecule has 8 heteroatoms. The van der Waals surface area contributed by atoms with Crippen molar-refractivity contribution in [1.82, 2.24) is 29.8 Å². The first kappa shape index (κ1) is 19.3. The Labute approximate surface area is 169 Å². The summed E-state index contributed by atoms with van der Waals surface area (Å²) >= 11 is 0. The maximum Gasteiger partial charge on any atom is 0.231 e. The lowest BCUT2D eigenvalue weighted by Crippen LogP contribution is -2.39. The van der Waals surface area contributed by atoms with Crippen molar-refractivity contribution in [1.29, 1.82) is 0 Å². The summed E-state index contributed by atoms with van der Waals surface area (Å²) in [5.74, 6) is 1.34. The van der Waals surface area contributed by atoms with Crippen molar-refractivity contribution in [2.75, 3.05) is 13.1 Å². The number of rotatable bonds is 5. The summed E-state index contributed by atoms with van der Waals surface area (Å²) < 4.78 is 7.39. The molecule has 152 valence electrons. The van der Waals surface area contributed by atoms with Crippen LogP contribution < -0.4 is 0 Å². The number of likely N-dealkylation sites (tertiary alicyclic amines) is 1. The van der Waals surface area contributed by atoms with Crippen LogP contribution in [0.25, 0.3) is 17.2 Å². The number of nitrogens with zero attached hydrogens (tertiary/aromatic N) is 6. The number of carbonyl (C=O) groups excluding carboxylic acids is 1. The van der Waals surface area contributed by atoms with Crippen LogP contribution in [0.4, 0.5) is 0 Å². The van der Waals surface area contributed by atoms with E-state index in [1.54, 1.807) is 6.20 Å². The Bertz CT molecular complexity index is 991. The summed E-state index contributed by atoms with van der Waals surface area (Å²) in [5, 5.41) is 8.59. The highest BCUT2D eigenvalue weighted by Gasteiger charge is 2.28. The van der Waals surface area contributed by atoms with Gasteiger partial charge in [-0.25, -0.2) is 4.68 Å². The van der Waals surface area contributed by atoms with E-state index in [2.05, 4.69) is 20.2 Å². The average Bonchev–Trinajstić information content (AvgIpc) is 3.35. The van der Waals surface area contributed by atoms with Gasteiger partial charge in [0.05, 0.1) is 23.5 Å². The number of aromatic nitrogens is 5. The molecule has 1 aliphatic rings. The van der Waals surface area contributed by atoms with Crippen LogP contribution in [-0.2, 0) is 4.79 Å². The predicted octanol–water partition coefficient (Wildman–Crippen LogP) is 3.44. The Balaban J connectivity index is 1.49.